The van der Waals surface area contributed by atoms with Crippen LogP contribution in [-0.4, -0.2) is 20.9 Å². The maximum absolute atomic E-state index is 10.6. The Bertz CT molecular complexity index is 629. The van der Waals surface area contributed by atoms with Gasteiger partial charge in [0.25, 0.3) is 0 Å². The number of carboxylic acids is 1. The number of hydrogen-bond acceptors (Lipinski definition) is 3. The van der Waals surface area contributed by atoms with Crippen molar-refractivity contribution in [1.82, 2.24) is 9.78 Å². The minimum Gasteiger partial charge on any atom is -0.481 e. The molecule has 21 heavy (non-hydrogen) atoms. The fraction of sp³-hybridized carbons (Fsp3) is 0.375. The first-order valence-electron chi connectivity index (χ1n) is 7.27. The number of carboxylic acid groups (broad SMARTS) is 1. The minimum atomic E-state index is -0.812. The second-order valence-electron chi connectivity index (χ2n) is 5.57. The smallest absolute Gasteiger partial charge is 0.303 e. The molecule has 1 aromatic carbocycles. The molecule has 1 atom stereocenters. The third-order valence-corrected chi connectivity index (χ3v) is 3.90. The van der Waals surface area contributed by atoms with E-state index >= 15 is 0 Å². The van der Waals surface area contributed by atoms with Gasteiger partial charge in [-0.1, -0.05) is 12.1 Å². The predicted octanol–water partition coefficient (Wildman–Crippen LogP) is 2.61. The van der Waals surface area contributed by atoms with E-state index in [0.29, 0.717) is 12.3 Å². The zero-order valence-corrected chi connectivity index (χ0v) is 11.8. The molecule has 1 aromatic heterocycles. The van der Waals surface area contributed by atoms with Crippen molar-refractivity contribution in [2.45, 2.75) is 37.6 Å². The van der Waals surface area contributed by atoms with Gasteiger partial charge in [-0.3, -0.25) is 4.79 Å². The summed E-state index contributed by atoms with van der Waals surface area (Å²) in [5.41, 5.74) is 9.26. The quantitative estimate of drug-likeness (QED) is 0.854. The largest absolute Gasteiger partial charge is 0.481 e. The molecule has 110 valence electrons. The van der Waals surface area contributed by atoms with Crippen molar-refractivity contribution in [3.05, 3.63) is 47.8 Å². The monoisotopic (exact) mass is 285 g/mol. The van der Waals surface area contributed by atoms with Crippen LogP contribution in [0.5, 0.6) is 0 Å². The van der Waals surface area contributed by atoms with Gasteiger partial charge in [0, 0.05) is 30.3 Å². The molecule has 1 saturated carbocycles. The van der Waals surface area contributed by atoms with E-state index in [1.54, 1.807) is 0 Å². The summed E-state index contributed by atoms with van der Waals surface area (Å²) in [6.45, 7) is 0. The number of hydrogen-bond donors (Lipinski definition) is 2. The molecular weight excluding hydrogens is 266 g/mol. The summed E-state index contributed by atoms with van der Waals surface area (Å²) in [4.78, 5) is 10.6. The van der Waals surface area contributed by atoms with E-state index in [4.69, 9.17) is 10.8 Å². The van der Waals surface area contributed by atoms with Gasteiger partial charge in [-0.2, -0.15) is 5.10 Å². The number of carbonyl (C=O) groups is 1. The highest BCUT2D eigenvalue weighted by Gasteiger charge is 2.27. The Hall–Kier alpha value is -2.14. The molecular formula is C16H19N3O2. The van der Waals surface area contributed by atoms with Crippen LogP contribution in [0.1, 0.15) is 48.9 Å². The molecule has 0 spiro atoms. The summed E-state index contributed by atoms with van der Waals surface area (Å²) in [7, 11) is 0. The lowest BCUT2D eigenvalue weighted by Gasteiger charge is -2.12. The highest BCUT2D eigenvalue weighted by atomic mass is 16.4. The van der Waals surface area contributed by atoms with Crippen molar-refractivity contribution in [2.75, 3.05) is 0 Å². The molecule has 3 N–H and O–H groups in total. The molecule has 1 aliphatic carbocycles. The Labute approximate surface area is 123 Å². The van der Waals surface area contributed by atoms with E-state index in [-0.39, 0.29) is 12.5 Å². The number of aliphatic carboxylic acids is 1. The Morgan fingerprint density at radius 3 is 2.67 bits per heavy atom. The van der Waals surface area contributed by atoms with Crippen LogP contribution in [-0.2, 0) is 4.79 Å². The van der Waals surface area contributed by atoms with Crippen LogP contribution in [0.15, 0.2) is 36.5 Å². The van der Waals surface area contributed by atoms with Crippen LogP contribution in [0.25, 0.3) is 5.69 Å². The highest BCUT2D eigenvalue weighted by molar-refractivity contribution is 5.66. The first-order chi connectivity index (χ1) is 10.1. The second kappa shape index (κ2) is 5.69. The van der Waals surface area contributed by atoms with Crippen molar-refractivity contribution in [2.24, 2.45) is 5.73 Å². The Balaban J connectivity index is 1.74. The van der Waals surface area contributed by atoms with Gasteiger partial charge < -0.3 is 10.8 Å². The van der Waals surface area contributed by atoms with Gasteiger partial charge in [-0.15, -0.1) is 0 Å². The van der Waals surface area contributed by atoms with E-state index in [1.165, 1.54) is 18.5 Å². The van der Waals surface area contributed by atoms with E-state index in [2.05, 4.69) is 11.2 Å². The van der Waals surface area contributed by atoms with Gasteiger partial charge >= 0.3 is 5.97 Å². The van der Waals surface area contributed by atoms with Crippen molar-refractivity contribution < 1.29 is 9.90 Å². The molecule has 0 saturated heterocycles. The molecule has 1 heterocycles. The third kappa shape index (κ3) is 3.13. The number of nitrogens with two attached hydrogens (primary N) is 1. The Morgan fingerprint density at radius 2 is 2.05 bits per heavy atom. The lowest BCUT2D eigenvalue weighted by atomic mass is 10.0. The zero-order chi connectivity index (χ0) is 14.8. The van der Waals surface area contributed by atoms with Crippen LogP contribution in [0, 0.1) is 0 Å². The average Bonchev–Trinajstić information content (AvgIpc) is 3.22. The van der Waals surface area contributed by atoms with Crippen molar-refractivity contribution in [1.29, 1.82) is 0 Å². The molecule has 3 rings (SSSR count). The van der Waals surface area contributed by atoms with E-state index in [0.717, 1.165) is 11.3 Å². The molecule has 1 fully saturated rings. The zero-order valence-electron chi connectivity index (χ0n) is 11.8. The first kappa shape index (κ1) is 13.8. The Kier molecular flexibility index (Phi) is 3.75. The van der Waals surface area contributed by atoms with Crippen molar-refractivity contribution in [3.8, 4) is 5.69 Å². The van der Waals surface area contributed by atoms with Crippen molar-refractivity contribution in [3.63, 3.8) is 0 Å². The number of rotatable bonds is 6. The van der Waals surface area contributed by atoms with Gasteiger partial charge in [0.1, 0.15) is 0 Å². The highest BCUT2D eigenvalue weighted by Crippen LogP contribution is 2.40. The van der Waals surface area contributed by atoms with Crippen LogP contribution in [0.2, 0.25) is 0 Å². The maximum atomic E-state index is 10.6. The van der Waals surface area contributed by atoms with Gasteiger partial charge in [-0.25, -0.2) is 4.68 Å². The molecule has 2 aromatic rings. The van der Waals surface area contributed by atoms with E-state index < -0.39 is 5.97 Å². The molecule has 0 bridgehead atoms. The minimum absolute atomic E-state index is 0.0912. The maximum Gasteiger partial charge on any atom is 0.303 e. The van der Waals surface area contributed by atoms with E-state index in [9.17, 15) is 4.79 Å². The normalized spacial score (nSPS) is 15.9. The third-order valence-electron chi connectivity index (χ3n) is 3.90. The number of nitrogens with zero attached hydrogens (tertiary/aromatic N) is 2. The molecule has 0 amide bonds. The van der Waals surface area contributed by atoms with E-state index in [1.807, 2.05) is 35.1 Å². The molecule has 0 radical (unpaired) electrons. The molecule has 5 nitrogen and oxygen atoms in total. The van der Waals surface area contributed by atoms with Crippen molar-refractivity contribution >= 4 is 5.97 Å². The molecule has 1 unspecified atom stereocenters. The average molecular weight is 285 g/mol. The fourth-order valence-corrected chi connectivity index (χ4v) is 2.53. The van der Waals surface area contributed by atoms with Crippen LogP contribution >= 0.6 is 0 Å². The molecule has 5 heteroatoms. The lowest BCUT2D eigenvalue weighted by molar-refractivity contribution is -0.137. The summed E-state index contributed by atoms with van der Waals surface area (Å²) in [6.07, 6.45) is 4.85. The summed E-state index contributed by atoms with van der Waals surface area (Å²) in [5, 5.41) is 13.1. The van der Waals surface area contributed by atoms with Crippen LogP contribution in [0.4, 0.5) is 0 Å². The SMILES string of the molecule is NC(CCC(=O)O)c1ccc(-n2nccc2C2CC2)cc1. The fourth-order valence-electron chi connectivity index (χ4n) is 2.53. The molecule has 0 aliphatic heterocycles. The summed E-state index contributed by atoms with van der Waals surface area (Å²) >= 11 is 0. The first-order valence-corrected chi connectivity index (χ1v) is 7.27. The summed E-state index contributed by atoms with van der Waals surface area (Å²) in [6, 6.07) is 9.74. The predicted molar refractivity (Wildman–Crippen MR) is 79.3 cm³/mol. The second-order valence-corrected chi connectivity index (χ2v) is 5.57. The lowest BCUT2D eigenvalue weighted by Crippen LogP contribution is -2.12. The van der Waals surface area contributed by atoms with Gasteiger partial charge in [0.2, 0.25) is 0 Å². The van der Waals surface area contributed by atoms with Crippen LogP contribution < -0.4 is 5.73 Å². The van der Waals surface area contributed by atoms with Gasteiger partial charge in [0.05, 0.1) is 5.69 Å². The standard InChI is InChI=1S/C16H19N3O2/c17-14(7-8-16(20)21)11-3-5-13(6-4-11)19-15(9-10-18-19)12-1-2-12/h3-6,9-10,12,14H,1-2,7-8,17H2,(H,20,21). The Morgan fingerprint density at radius 1 is 1.33 bits per heavy atom. The summed E-state index contributed by atoms with van der Waals surface area (Å²) in [5.74, 6) is -0.169. The van der Waals surface area contributed by atoms with Crippen LogP contribution in [0.3, 0.4) is 0 Å². The van der Waals surface area contributed by atoms with Gasteiger partial charge in [0.15, 0.2) is 0 Å². The molecule has 1 aliphatic rings. The van der Waals surface area contributed by atoms with Gasteiger partial charge in [-0.05, 0) is 43.0 Å². The summed E-state index contributed by atoms with van der Waals surface area (Å²) < 4.78 is 1.98. The number of benzene rings is 1. The topological polar surface area (TPSA) is 81.1 Å². The number of aromatic nitrogens is 2.